The van der Waals surface area contributed by atoms with E-state index >= 15 is 0 Å². The summed E-state index contributed by atoms with van der Waals surface area (Å²) < 4.78 is 11.3. The molecule has 0 amide bonds. The fourth-order valence-electron chi connectivity index (χ4n) is 2.52. The molecule has 104 valence electrons. The first-order chi connectivity index (χ1) is 9.17. The van der Waals surface area contributed by atoms with Gasteiger partial charge in [-0.15, -0.1) is 0 Å². The van der Waals surface area contributed by atoms with Crippen molar-refractivity contribution in [2.75, 3.05) is 7.11 Å². The van der Waals surface area contributed by atoms with Crippen LogP contribution in [0.5, 0.6) is 5.75 Å². The molecule has 1 aliphatic carbocycles. The first-order valence-electron chi connectivity index (χ1n) is 6.67. The van der Waals surface area contributed by atoms with Crippen molar-refractivity contribution in [3.8, 4) is 5.75 Å². The number of ether oxygens (including phenoxy) is 2. The monoisotopic (exact) mass is 264 g/mol. The highest BCUT2D eigenvalue weighted by Gasteiger charge is 2.23. The Labute approximate surface area is 113 Å². The van der Waals surface area contributed by atoms with E-state index in [9.17, 15) is 4.79 Å². The normalized spacial score (nSPS) is 23.0. The largest absolute Gasteiger partial charge is 0.490 e. The van der Waals surface area contributed by atoms with E-state index in [4.69, 9.17) is 14.6 Å². The molecule has 0 spiro atoms. The molecule has 0 aliphatic heterocycles. The predicted molar refractivity (Wildman–Crippen MR) is 71.5 cm³/mol. The van der Waals surface area contributed by atoms with Gasteiger partial charge in [-0.3, -0.25) is 4.79 Å². The number of hydrogen-bond donors (Lipinski definition) is 1. The molecule has 0 heterocycles. The van der Waals surface area contributed by atoms with Crippen LogP contribution < -0.4 is 4.74 Å². The Morgan fingerprint density at radius 1 is 1.37 bits per heavy atom. The number of benzene rings is 1. The van der Waals surface area contributed by atoms with Crippen LogP contribution >= 0.6 is 0 Å². The zero-order valence-electron chi connectivity index (χ0n) is 11.2. The quantitative estimate of drug-likeness (QED) is 0.888. The molecular formula is C15H20O4. The predicted octanol–water partition coefficient (Wildman–Crippen LogP) is 2.65. The van der Waals surface area contributed by atoms with E-state index in [0.29, 0.717) is 0 Å². The number of rotatable bonds is 5. The van der Waals surface area contributed by atoms with Crippen molar-refractivity contribution < 1.29 is 19.4 Å². The number of aliphatic carboxylic acids is 1. The summed E-state index contributed by atoms with van der Waals surface area (Å²) in [5, 5.41) is 8.79. The summed E-state index contributed by atoms with van der Waals surface area (Å²) in [5.74, 6) is -0.0743. The molecule has 0 aromatic heterocycles. The van der Waals surface area contributed by atoms with Crippen molar-refractivity contribution in [3.05, 3.63) is 29.8 Å². The minimum absolute atomic E-state index is 0.0303. The van der Waals surface area contributed by atoms with Gasteiger partial charge in [0.1, 0.15) is 11.9 Å². The maximum absolute atomic E-state index is 10.7. The van der Waals surface area contributed by atoms with E-state index in [-0.39, 0.29) is 18.6 Å². The molecule has 1 N–H and O–H groups in total. The standard InChI is InChI=1S/C15H20O4/c1-18-12-5-3-7-14(10-12)19-13-6-2-4-11(8-13)9-15(16)17/h2,4,6,8,12,14H,3,5,7,9-10H2,1H3,(H,16,17). The molecular weight excluding hydrogens is 244 g/mol. The lowest BCUT2D eigenvalue weighted by Crippen LogP contribution is -2.29. The Hall–Kier alpha value is -1.55. The van der Waals surface area contributed by atoms with Crippen molar-refractivity contribution in [3.63, 3.8) is 0 Å². The fourth-order valence-corrected chi connectivity index (χ4v) is 2.52. The third-order valence-corrected chi connectivity index (χ3v) is 3.47. The summed E-state index contributed by atoms with van der Waals surface area (Å²) in [6, 6.07) is 7.33. The maximum atomic E-state index is 10.7. The Bertz CT molecular complexity index is 430. The average Bonchev–Trinajstić information content (AvgIpc) is 2.38. The van der Waals surface area contributed by atoms with Gasteiger partial charge in [0.2, 0.25) is 0 Å². The van der Waals surface area contributed by atoms with Crippen molar-refractivity contribution in [2.45, 2.75) is 44.3 Å². The van der Waals surface area contributed by atoms with Crippen molar-refractivity contribution in [1.29, 1.82) is 0 Å². The van der Waals surface area contributed by atoms with Gasteiger partial charge in [-0.25, -0.2) is 0 Å². The zero-order valence-corrected chi connectivity index (χ0v) is 11.2. The smallest absolute Gasteiger partial charge is 0.307 e. The molecule has 19 heavy (non-hydrogen) atoms. The van der Waals surface area contributed by atoms with E-state index in [2.05, 4.69) is 0 Å². The van der Waals surface area contributed by atoms with Gasteiger partial charge < -0.3 is 14.6 Å². The van der Waals surface area contributed by atoms with Crippen LogP contribution in [0.4, 0.5) is 0 Å². The third-order valence-electron chi connectivity index (χ3n) is 3.47. The molecule has 0 bridgehead atoms. The molecule has 2 unspecified atom stereocenters. The molecule has 1 aromatic rings. The van der Waals surface area contributed by atoms with Gasteiger partial charge in [0.05, 0.1) is 12.5 Å². The van der Waals surface area contributed by atoms with Gasteiger partial charge in [-0.2, -0.15) is 0 Å². The van der Waals surface area contributed by atoms with Crippen LogP contribution in [-0.2, 0) is 16.0 Å². The number of methoxy groups -OCH3 is 1. The van der Waals surface area contributed by atoms with Gasteiger partial charge in [0, 0.05) is 13.5 Å². The van der Waals surface area contributed by atoms with Crippen LogP contribution in [0.2, 0.25) is 0 Å². The van der Waals surface area contributed by atoms with E-state index < -0.39 is 5.97 Å². The Morgan fingerprint density at radius 3 is 2.89 bits per heavy atom. The first kappa shape index (κ1) is 13.9. The molecule has 2 rings (SSSR count). The highest BCUT2D eigenvalue weighted by atomic mass is 16.5. The van der Waals surface area contributed by atoms with Crippen LogP contribution in [0, 0.1) is 0 Å². The van der Waals surface area contributed by atoms with E-state index in [1.807, 2.05) is 18.2 Å². The summed E-state index contributed by atoms with van der Waals surface area (Å²) in [5.41, 5.74) is 0.768. The highest BCUT2D eigenvalue weighted by Crippen LogP contribution is 2.25. The summed E-state index contributed by atoms with van der Waals surface area (Å²) >= 11 is 0. The molecule has 2 atom stereocenters. The van der Waals surface area contributed by atoms with Crippen LogP contribution in [0.1, 0.15) is 31.2 Å². The van der Waals surface area contributed by atoms with Crippen LogP contribution in [0.15, 0.2) is 24.3 Å². The summed E-state index contributed by atoms with van der Waals surface area (Å²) in [6.07, 6.45) is 4.61. The summed E-state index contributed by atoms with van der Waals surface area (Å²) in [4.78, 5) is 10.7. The van der Waals surface area contributed by atoms with Crippen molar-refractivity contribution >= 4 is 5.97 Å². The molecule has 1 fully saturated rings. The van der Waals surface area contributed by atoms with E-state index in [1.165, 1.54) is 0 Å². The minimum atomic E-state index is -0.825. The van der Waals surface area contributed by atoms with Crippen molar-refractivity contribution in [2.24, 2.45) is 0 Å². The molecule has 1 saturated carbocycles. The lowest BCUT2D eigenvalue weighted by atomic mass is 9.95. The van der Waals surface area contributed by atoms with E-state index in [0.717, 1.165) is 37.0 Å². The second kappa shape index (κ2) is 6.57. The molecule has 1 aromatic carbocycles. The lowest BCUT2D eigenvalue weighted by molar-refractivity contribution is -0.136. The lowest BCUT2D eigenvalue weighted by Gasteiger charge is -2.28. The summed E-state index contributed by atoms with van der Waals surface area (Å²) in [7, 11) is 1.74. The first-order valence-corrected chi connectivity index (χ1v) is 6.67. The molecule has 4 nitrogen and oxygen atoms in total. The van der Waals surface area contributed by atoms with Crippen LogP contribution in [0.25, 0.3) is 0 Å². The highest BCUT2D eigenvalue weighted by molar-refractivity contribution is 5.70. The fraction of sp³-hybridized carbons (Fsp3) is 0.533. The van der Waals surface area contributed by atoms with Gasteiger partial charge in [0.25, 0.3) is 0 Å². The molecule has 1 aliphatic rings. The van der Waals surface area contributed by atoms with E-state index in [1.54, 1.807) is 13.2 Å². The Kier molecular flexibility index (Phi) is 4.80. The molecule has 0 radical (unpaired) electrons. The van der Waals surface area contributed by atoms with Gasteiger partial charge in [0.15, 0.2) is 0 Å². The topological polar surface area (TPSA) is 55.8 Å². The number of hydrogen-bond acceptors (Lipinski definition) is 3. The van der Waals surface area contributed by atoms with Crippen LogP contribution in [-0.4, -0.2) is 30.4 Å². The Balaban J connectivity index is 1.96. The number of carboxylic acid groups (broad SMARTS) is 1. The molecule has 0 saturated heterocycles. The third kappa shape index (κ3) is 4.24. The second-order valence-corrected chi connectivity index (χ2v) is 4.98. The SMILES string of the molecule is COC1CCCC(Oc2cccc(CC(=O)O)c2)C1. The van der Waals surface area contributed by atoms with Crippen LogP contribution in [0.3, 0.4) is 0 Å². The second-order valence-electron chi connectivity index (χ2n) is 4.98. The van der Waals surface area contributed by atoms with Crippen molar-refractivity contribution in [1.82, 2.24) is 0 Å². The number of carbonyl (C=O) groups is 1. The van der Waals surface area contributed by atoms with Gasteiger partial charge in [-0.1, -0.05) is 12.1 Å². The zero-order chi connectivity index (χ0) is 13.7. The average molecular weight is 264 g/mol. The summed E-state index contributed by atoms with van der Waals surface area (Å²) in [6.45, 7) is 0. The van der Waals surface area contributed by atoms with Gasteiger partial charge >= 0.3 is 5.97 Å². The minimum Gasteiger partial charge on any atom is -0.490 e. The number of carboxylic acids is 1. The Morgan fingerprint density at radius 2 is 2.16 bits per heavy atom. The molecule has 4 heteroatoms. The van der Waals surface area contributed by atoms with Gasteiger partial charge in [-0.05, 0) is 37.0 Å². The maximum Gasteiger partial charge on any atom is 0.307 e.